The van der Waals surface area contributed by atoms with E-state index in [9.17, 15) is 4.79 Å². The van der Waals surface area contributed by atoms with E-state index in [4.69, 9.17) is 10.00 Å². The Morgan fingerprint density at radius 3 is 2.80 bits per heavy atom. The second-order valence-corrected chi connectivity index (χ2v) is 5.16. The smallest absolute Gasteiger partial charge is 0.257 e. The number of fused-ring (bicyclic) bond motifs is 1. The quantitative estimate of drug-likeness (QED) is 0.896. The Kier molecular flexibility index (Phi) is 3.42. The lowest BCUT2D eigenvalue weighted by atomic mass is 9.90. The number of hydrogen-bond acceptors (Lipinski definition) is 3. The Morgan fingerprint density at radius 2 is 2.00 bits per heavy atom. The molecule has 20 heavy (non-hydrogen) atoms. The first-order valence-corrected chi connectivity index (χ1v) is 6.97. The molecule has 0 saturated heterocycles. The number of benzene rings is 1. The molecule has 0 fully saturated rings. The molecule has 1 aromatic carbocycles. The second-order valence-electron chi connectivity index (χ2n) is 5.16. The molecular formula is C16H16N2O2. The van der Waals surface area contributed by atoms with Gasteiger partial charge in [-0.25, -0.2) is 0 Å². The van der Waals surface area contributed by atoms with Gasteiger partial charge in [0.05, 0.1) is 12.2 Å². The lowest BCUT2D eigenvalue weighted by Gasteiger charge is -2.16. The highest BCUT2D eigenvalue weighted by Gasteiger charge is 2.19. The first-order valence-electron chi connectivity index (χ1n) is 6.97. The molecule has 1 aromatic rings. The minimum atomic E-state index is -0.206. The molecule has 0 radical (unpaired) electrons. The van der Waals surface area contributed by atoms with Crippen LogP contribution in [0.4, 0.5) is 0 Å². The summed E-state index contributed by atoms with van der Waals surface area (Å²) in [5.41, 5.74) is 3.76. The normalized spacial score (nSPS) is 17.1. The molecule has 1 N–H and O–H groups in total. The number of ether oxygens (including phenoxy) is 1. The molecule has 1 aliphatic carbocycles. The van der Waals surface area contributed by atoms with Crippen LogP contribution < -0.4 is 5.32 Å². The van der Waals surface area contributed by atoms with Crippen molar-refractivity contribution in [1.29, 1.82) is 5.26 Å². The van der Waals surface area contributed by atoms with E-state index in [2.05, 4.69) is 11.4 Å². The zero-order valence-electron chi connectivity index (χ0n) is 11.2. The summed E-state index contributed by atoms with van der Waals surface area (Å²) < 4.78 is 5.29. The number of hydrogen-bond donors (Lipinski definition) is 1. The predicted molar refractivity (Wildman–Crippen MR) is 73.8 cm³/mol. The summed E-state index contributed by atoms with van der Waals surface area (Å²) >= 11 is 0. The summed E-state index contributed by atoms with van der Waals surface area (Å²) in [6.07, 6.45) is 5.12. The maximum Gasteiger partial charge on any atom is 0.257 e. The number of amides is 1. The van der Waals surface area contributed by atoms with Crippen LogP contribution in [0.1, 0.15) is 40.7 Å². The lowest BCUT2D eigenvalue weighted by Crippen LogP contribution is -2.24. The van der Waals surface area contributed by atoms with Gasteiger partial charge in [-0.05, 0) is 48.9 Å². The third-order valence-corrected chi connectivity index (χ3v) is 3.85. The minimum Gasteiger partial charge on any atom is -0.478 e. The van der Waals surface area contributed by atoms with Gasteiger partial charge in [0.15, 0.2) is 0 Å². The van der Waals surface area contributed by atoms with Crippen molar-refractivity contribution in [2.45, 2.75) is 32.1 Å². The highest BCUT2D eigenvalue weighted by Crippen LogP contribution is 2.23. The minimum absolute atomic E-state index is 0.206. The van der Waals surface area contributed by atoms with Crippen molar-refractivity contribution in [3.63, 3.8) is 0 Å². The number of carbonyl (C=O) groups excluding carboxylic acids is 1. The van der Waals surface area contributed by atoms with Crippen LogP contribution in [0.5, 0.6) is 0 Å². The fourth-order valence-electron chi connectivity index (χ4n) is 2.72. The molecule has 0 bridgehead atoms. The molecule has 3 rings (SSSR count). The molecule has 0 unspecified atom stereocenters. The monoisotopic (exact) mass is 268 g/mol. The molecule has 2 aliphatic rings. The van der Waals surface area contributed by atoms with Gasteiger partial charge in [-0.2, -0.15) is 5.26 Å². The van der Waals surface area contributed by atoms with Gasteiger partial charge < -0.3 is 4.74 Å². The molecule has 1 heterocycles. The second kappa shape index (κ2) is 5.38. The van der Waals surface area contributed by atoms with Crippen LogP contribution in [0.25, 0.3) is 0 Å². The average Bonchev–Trinajstić information content (AvgIpc) is 2.94. The first-order chi connectivity index (χ1) is 9.78. The van der Waals surface area contributed by atoms with Gasteiger partial charge >= 0.3 is 0 Å². The average molecular weight is 268 g/mol. The topological polar surface area (TPSA) is 62.1 Å². The highest BCUT2D eigenvalue weighted by atomic mass is 16.5. The molecule has 0 aromatic heterocycles. The van der Waals surface area contributed by atoms with Gasteiger partial charge in [-0.15, -0.1) is 0 Å². The van der Waals surface area contributed by atoms with E-state index in [1.807, 2.05) is 18.2 Å². The molecule has 0 saturated carbocycles. The van der Waals surface area contributed by atoms with E-state index in [-0.39, 0.29) is 5.91 Å². The Bertz CT molecular complexity index is 626. The summed E-state index contributed by atoms with van der Waals surface area (Å²) in [7, 11) is 0. The number of nitriles is 1. The Balaban J connectivity index is 1.79. The van der Waals surface area contributed by atoms with E-state index < -0.39 is 0 Å². The maximum absolute atomic E-state index is 12.2. The number of aryl methyl sites for hydroxylation is 2. The van der Waals surface area contributed by atoms with Crippen molar-refractivity contribution in [3.05, 3.63) is 46.3 Å². The molecule has 0 spiro atoms. The van der Waals surface area contributed by atoms with Gasteiger partial charge in [-0.1, -0.05) is 6.07 Å². The largest absolute Gasteiger partial charge is 0.478 e. The van der Waals surface area contributed by atoms with Gasteiger partial charge in [0.25, 0.3) is 5.91 Å². The van der Waals surface area contributed by atoms with Crippen LogP contribution in [-0.4, -0.2) is 12.5 Å². The third kappa shape index (κ3) is 2.39. The van der Waals surface area contributed by atoms with Crippen molar-refractivity contribution < 1.29 is 9.53 Å². The van der Waals surface area contributed by atoms with Crippen LogP contribution in [0.2, 0.25) is 0 Å². The van der Waals surface area contributed by atoms with Crippen molar-refractivity contribution in [1.82, 2.24) is 5.32 Å². The summed E-state index contributed by atoms with van der Waals surface area (Å²) in [4.78, 5) is 12.2. The number of nitrogens with zero attached hydrogens (tertiary/aromatic N) is 1. The summed E-state index contributed by atoms with van der Waals surface area (Å²) in [5.74, 6) is 0.109. The van der Waals surface area contributed by atoms with Crippen molar-refractivity contribution in [2.75, 3.05) is 6.61 Å². The molecule has 0 atom stereocenters. The Hall–Kier alpha value is -2.28. The predicted octanol–water partition coefficient (Wildman–Crippen LogP) is 2.45. The van der Waals surface area contributed by atoms with Crippen molar-refractivity contribution >= 4 is 5.91 Å². The van der Waals surface area contributed by atoms with E-state index in [0.29, 0.717) is 30.0 Å². The fourth-order valence-corrected chi connectivity index (χ4v) is 2.72. The molecule has 4 nitrogen and oxygen atoms in total. The fraction of sp³-hybridized carbons (Fsp3) is 0.375. The highest BCUT2D eigenvalue weighted by molar-refractivity contribution is 5.95. The maximum atomic E-state index is 12.2. The number of rotatable bonds is 2. The summed E-state index contributed by atoms with van der Waals surface area (Å²) in [6, 6.07) is 7.91. The van der Waals surface area contributed by atoms with E-state index >= 15 is 0 Å². The van der Waals surface area contributed by atoms with E-state index in [1.165, 1.54) is 24.0 Å². The number of nitrogens with one attached hydrogen (secondary N) is 1. The molecular weight excluding hydrogens is 252 g/mol. The van der Waals surface area contributed by atoms with Crippen molar-refractivity contribution in [3.8, 4) is 6.07 Å². The summed E-state index contributed by atoms with van der Waals surface area (Å²) in [5, 5.41) is 11.6. The lowest BCUT2D eigenvalue weighted by molar-refractivity contribution is 0.0930. The number of carbonyl (C=O) groups is 1. The van der Waals surface area contributed by atoms with Crippen LogP contribution in [0.3, 0.4) is 0 Å². The molecule has 102 valence electrons. The van der Waals surface area contributed by atoms with Crippen LogP contribution in [0.15, 0.2) is 29.7 Å². The SMILES string of the molecule is N#CC1=C(NC(=O)c2ccc3c(c2)CCCC3)OCC1. The zero-order chi connectivity index (χ0) is 13.9. The van der Waals surface area contributed by atoms with Gasteiger partial charge in [0, 0.05) is 12.0 Å². The van der Waals surface area contributed by atoms with Crippen LogP contribution in [0, 0.1) is 11.3 Å². The van der Waals surface area contributed by atoms with E-state index in [0.717, 1.165) is 12.8 Å². The molecule has 1 amide bonds. The van der Waals surface area contributed by atoms with Gasteiger partial charge in [-0.3, -0.25) is 10.1 Å². The standard InChI is InChI=1S/C16H16N2O2/c17-10-14-7-8-20-16(14)18-15(19)13-6-5-11-3-1-2-4-12(11)9-13/h5-6,9H,1-4,7-8H2,(H,18,19). The van der Waals surface area contributed by atoms with E-state index in [1.54, 1.807) is 0 Å². The Morgan fingerprint density at radius 1 is 1.20 bits per heavy atom. The van der Waals surface area contributed by atoms with Crippen molar-refractivity contribution in [2.24, 2.45) is 0 Å². The third-order valence-electron chi connectivity index (χ3n) is 3.85. The van der Waals surface area contributed by atoms with Crippen LogP contribution >= 0.6 is 0 Å². The van der Waals surface area contributed by atoms with Crippen LogP contribution in [-0.2, 0) is 17.6 Å². The first kappa shape index (κ1) is 12.7. The van der Waals surface area contributed by atoms with Gasteiger partial charge in [0.1, 0.15) is 6.07 Å². The molecule has 4 heteroatoms. The zero-order valence-corrected chi connectivity index (χ0v) is 11.2. The molecule has 1 aliphatic heterocycles. The van der Waals surface area contributed by atoms with Gasteiger partial charge in [0.2, 0.25) is 5.88 Å². The summed E-state index contributed by atoms with van der Waals surface area (Å²) in [6.45, 7) is 0.461. The Labute approximate surface area is 118 Å².